The highest BCUT2D eigenvalue weighted by Crippen LogP contribution is 2.22. The van der Waals surface area contributed by atoms with Crippen molar-refractivity contribution in [1.29, 1.82) is 0 Å². The summed E-state index contributed by atoms with van der Waals surface area (Å²) in [5.74, 6) is -0.0588. The first-order chi connectivity index (χ1) is 15.0. The number of rotatable bonds is 12. The van der Waals surface area contributed by atoms with E-state index in [0.717, 1.165) is 25.5 Å². The Kier molecular flexibility index (Phi) is 7.52. The Bertz CT molecular complexity index is 1040. The Morgan fingerprint density at radius 2 is 1.90 bits per heavy atom. The molecule has 0 radical (unpaired) electrons. The maximum atomic E-state index is 10.9. The summed E-state index contributed by atoms with van der Waals surface area (Å²) in [5, 5.41) is 19.6. The minimum absolute atomic E-state index is 0.169. The molecule has 0 unspecified atom stereocenters. The van der Waals surface area contributed by atoms with Crippen molar-refractivity contribution in [1.82, 2.24) is 9.97 Å². The van der Waals surface area contributed by atoms with Crippen LogP contribution in [0.1, 0.15) is 35.3 Å². The Labute approximate surface area is 177 Å². The van der Waals surface area contributed by atoms with Crippen LogP contribution in [0.3, 0.4) is 0 Å². The fourth-order valence-corrected chi connectivity index (χ4v) is 2.78. The van der Waals surface area contributed by atoms with Crippen molar-refractivity contribution in [2.24, 2.45) is 0 Å². The number of pyridine rings is 1. The Morgan fingerprint density at radius 1 is 1.13 bits per heavy atom. The van der Waals surface area contributed by atoms with Crippen molar-refractivity contribution in [3.05, 3.63) is 70.2 Å². The van der Waals surface area contributed by atoms with Crippen molar-refractivity contribution in [3.8, 4) is 23.1 Å². The summed E-state index contributed by atoms with van der Waals surface area (Å²) in [6.07, 6.45) is 5.01. The summed E-state index contributed by atoms with van der Waals surface area (Å²) in [6.45, 7) is 0.639. The largest absolute Gasteiger partial charge is 0.493 e. The molecule has 0 aliphatic heterocycles. The highest BCUT2D eigenvalue weighted by molar-refractivity contribution is 5.85. The first-order valence-corrected chi connectivity index (χ1v) is 9.63. The molecule has 0 fully saturated rings. The van der Waals surface area contributed by atoms with Gasteiger partial charge < -0.3 is 19.0 Å². The molecular weight excluding hydrogens is 406 g/mol. The van der Waals surface area contributed by atoms with Gasteiger partial charge in [-0.1, -0.05) is 12.1 Å². The smallest absolute Gasteiger partial charge is 0.357 e. The number of aromatic carboxylic acids is 1. The molecule has 10 nitrogen and oxygen atoms in total. The number of aromatic nitrogens is 2. The van der Waals surface area contributed by atoms with Gasteiger partial charge in [-0.3, -0.25) is 10.1 Å². The average Bonchev–Trinajstić information content (AvgIpc) is 3.25. The minimum atomic E-state index is -1.16. The number of carboxylic acids is 1. The van der Waals surface area contributed by atoms with Gasteiger partial charge >= 0.3 is 5.97 Å². The predicted octanol–water partition coefficient (Wildman–Crippen LogP) is 3.84. The number of ether oxygens (including phenoxy) is 2. The monoisotopic (exact) mass is 427 g/mol. The van der Waals surface area contributed by atoms with Crippen LogP contribution in [0.2, 0.25) is 0 Å². The molecule has 10 heteroatoms. The molecule has 3 aromatic rings. The zero-order valence-electron chi connectivity index (χ0n) is 16.6. The zero-order chi connectivity index (χ0) is 22.1. The van der Waals surface area contributed by atoms with E-state index in [1.165, 1.54) is 6.20 Å². The third-order valence-electron chi connectivity index (χ3n) is 4.27. The van der Waals surface area contributed by atoms with Crippen molar-refractivity contribution >= 4 is 5.97 Å². The summed E-state index contributed by atoms with van der Waals surface area (Å²) >= 11 is 0. The number of hydrogen-bond acceptors (Lipinski definition) is 8. The first-order valence-electron chi connectivity index (χ1n) is 9.63. The molecule has 0 saturated heterocycles. The third-order valence-corrected chi connectivity index (χ3v) is 4.27. The van der Waals surface area contributed by atoms with Crippen LogP contribution in [0.25, 0.3) is 11.5 Å². The van der Waals surface area contributed by atoms with Gasteiger partial charge in [0, 0.05) is 22.7 Å². The van der Waals surface area contributed by atoms with Crippen LogP contribution in [0.15, 0.2) is 53.3 Å². The Hall–Kier alpha value is -3.95. The van der Waals surface area contributed by atoms with Crippen molar-refractivity contribution in [2.45, 2.75) is 25.8 Å². The molecule has 2 aromatic heterocycles. The molecule has 0 saturated carbocycles. The predicted molar refractivity (Wildman–Crippen MR) is 109 cm³/mol. The van der Waals surface area contributed by atoms with Crippen molar-refractivity contribution in [2.75, 3.05) is 13.2 Å². The summed E-state index contributed by atoms with van der Waals surface area (Å²) in [7, 11) is 0. The van der Waals surface area contributed by atoms with E-state index in [-0.39, 0.29) is 23.1 Å². The molecule has 162 valence electrons. The number of oxazole rings is 1. The van der Waals surface area contributed by atoms with Crippen molar-refractivity contribution in [3.63, 3.8) is 0 Å². The molecule has 1 N–H and O–H groups in total. The number of nitrogens with zero attached hydrogens (tertiary/aromatic N) is 3. The first kappa shape index (κ1) is 21.8. The van der Waals surface area contributed by atoms with E-state index < -0.39 is 5.97 Å². The quantitative estimate of drug-likeness (QED) is 0.259. The van der Waals surface area contributed by atoms with E-state index >= 15 is 0 Å². The van der Waals surface area contributed by atoms with Gasteiger partial charge in [-0.05, 0) is 37.5 Å². The summed E-state index contributed by atoms with van der Waals surface area (Å²) in [6, 6.07) is 10.2. The molecule has 2 heterocycles. The van der Waals surface area contributed by atoms with Crippen LogP contribution in [0, 0.1) is 10.1 Å². The number of hydrogen-bond donors (Lipinski definition) is 1. The molecular formula is C21H21N3O7. The lowest BCUT2D eigenvalue weighted by Crippen LogP contribution is -2.05. The lowest BCUT2D eigenvalue weighted by molar-refractivity contribution is -0.496. The van der Waals surface area contributed by atoms with Gasteiger partial charge in [-0.15, -0.1) is 0 Å². The molecule has 0 aliphatic carbocycles. The van der Waals surface area contributed by atoms with E-state index in [2.05, 4.69) is 9.97 Å². The minimum Gasteiger partial charge on any atom is -0.493 e. The van der Waals surface area contributed by atoms with Gasteiger partial charge in [0.15, 0.2) is 5.69 Å². The number of para-hydroxylation sites is 1. The summed E-state index contributed by atoms with van der Waals surface area (Å²) in [4.78, 5) is 29.3. The highest BCUT2D eigenvalue weighted by atomic mass is 16.6. The van der Waals surface area contributed by atoms with Gasteiger partial charge in [0.2, 0.25) is 18.3 Å². The zero-order valence-corrected chi connectivity index (χ0v) is 16.6. The van der Waals surface area contributed by atoms with E-state index in [4.69, 9.17) is 19.0 Å². The second-order valence-corrected chi connectivity index (χ2v) is 6.58. The lowest BCUT2D eigenvalue weighted by atomic mass is 10.2. The second-order valence-electron chi connectivity index (χ2n) is 6.58. The number of unbranched alkanes of at least 4 members (excludes halogenated alkanes) is 2. The van der Waals surface area contributed by atoms with E-state index in [1.807, 2.05) is 0 Å². The Balaban J connectivity index is 1.39. The Morgan fingerprint density at radius 3 is 2.65 bits per heavy atom. The van der Waals surface area contributed by atoms with Crippen LogP contribution in [0.4, 0.5) is 0 Å². The fraction of sp³-hybridized carbons (Fsp3) is 0.286. The molecule has 1 aromatic carbocycles. The number of carbonyl (C=O) groups is 1. The summed E-state index contributed by atoms with van der Waals surface area (Å²) in [5.41, 5.74) is 0.958. The van der Waals surface area contributed by atoms with Crippen LogP contribution in [-0.4, -0.2) is 39.2 Å². The third kappa shape index (κ3) is 6.53. The summed E-state index contributed by atoms with van der Waals surface area (Å²) < 4.78 is 16.5. The molecule has 0 bridgehead atoms. The topological polar surface area (TPSA) is 138 Å². The fourth-order valence-electron chi connectivity index (χ4n) is 2.78. The number of benzene rings is 1. The molecule has 3 rings (SSSR count). The SMILES string of the molecule is O=C(O)c1coc(-c2ccnc(OCCCCCOc3ccccc3C[N+](=O)[O-])c2)n1. The molecule has 31 heavy (non-hydrogen) atoms. The van der Waals surface area contributed by atoms with Gasteiger partial charge in [-0.2, -0.15) is 0 Å². The normalized spacial score (nSPS) is 10.6. The average molecular weight is 427 g/mol. The second kappa shape index (κ2) is 10.7. The van der Waals surface area contributed by atoms with Gasteiger partial charge in [-0.25, -0.2) is 14.8 Å². The molecule has 0 aliphatic rings. The van der Waals surface area contributed by atoms with Gasteiger partial charge in [0.1, 0.15) is 12.0 Å². The lowest BCUT2D eigenvalue weighted by Gasteiger charge is -2.09. The highest BCUT2D eigenvalue weighted by Gasteiger charge is 2.13. The standard InChI is InChI=1S/C21H21N3O7/c25-21(26)17-14-31-20(23-17)15-8-9-22-19(12-15)30-11-5-1-4-10-29-18-7-3-2-6-16(18)13-24(27)28/h2-3,6-9,12,14H,1,4-5,10-11,13H2,(H,25,26). The maximum Gasteiger partial charge on any atom is 0.357 e. The van der Waals surface area contributed by atoms with Crippen LogP contribution >= 0.6 is 0 Å². The van der Waals surface area contributed by atoms with E-state index in [9.17, 15) is 14.9 Å². The van der Waals surface area contributed by atoms with E-state index in [0.29, 0.717) is 36.0 Å². The number of nitro groups is 1. The molecule has 0 atom stereocenters. The molecule has 0 spiro atoms. The maximum absolute atomic E-state index is 10.9. The van der Waals surface area contributed by atoms with Crippen LogP contribution in [0.5, 0.6) is 11.6 Å². The van der Waals surface area contributed by atoms with Gasteiger partial charge in [0.05, 0.1) is 18.8 Å². The van der Waals surface area contributed by atoms with Crippen molar-refractivity contribution < 1.29 is 28.7 Å². The van der Waals surface area contributed by atoms with Crippen LogP contribution in [-0.2, 0) is 6.54 Å². The van der Waals surface area contributed by atoms with Gasteiger partial charge in [0.25, 0.3) is 0 Å². The van der Waals surface area contributed by atoms with E-state index in [1.54, 1.807) is 36.4 Å². The number of carboxylic acid groups (broad SMARTS) is 1. The van der Waals surface area contributed by atoms with Crippen LogP contribution < -0.4 is 9.47 Å². The molecule has 0 amide bonds.